The van der Waals surface area contributed by atoms with Crippen molar-refractivity contribution in [3.05, 3.63) is 0 Å². The molecule has 2 unspecified atom stereocenters. The van der Waals surface area contributed by atoms with Gasteiger partial charge in [0.05, 0.1) is 0 Å². The summed E-state index contributed by atoms with van der Waals surface area (Å²) in [6, 6.07) is 0. The van der Waals surface area contributed by atoms with Crippen LogP contribution in [-0.2, 0) is 4.79 Å². The highest BCUT2D eigenvalue weighted by atomic mass is 16.4. The molecule has 86 valence electrons. The molecule has 0 aromatic rings. The Kier molecular flexibility index (Phi) is 2.98. The molecular weight excluding hydrogens is 192 g/mol. The van der Waals surface area contributed by atoms with Crippen molar-refractivity contribution in [3.63, 3.8) is 0 Å². The summed E-state index contributed by atoms with van der Waals surface area (Å²) in [5.41, 5.74) is -0.690. The number of hydrogen-bond donors (Lipinski definition) is 2. The summed E-state index contributed by atoms with van der Waals surface area (Å²) in [5, 5.41) is 12.2. The van der Waals surface area contributed by atoms with Crippen molar-refractivity contribution >= 4 is 5.97 Å². The average molecular weight is 212 g/mol. The second-order valence-corrected chi connectivity index (χ2v) is 5.10. The Bertz CT molecular complexity index is 251. The van der Waals surface area contributed by atoms with Crippen LogP contribution in [0.2, 0.25) is 0 Å². The highest BCUT2D eigenvalue weighted by Gasteiger charge is 2.41. The highest BCUT2D eigenvalue weighted by molar-refractivity contribution is 5.78. The van der Waals surface area contributed by atoms with Crippen molar-refractivity contribution < 1.29 is 9.90 Å². The molecule has 2 aliphatic heterocycles. The molecule has 0 amide bonds. The molecule has 2 saturated heterocycles. The summed E-state index contributed by atoms with van der Waals surface area (Å²) >= 11 is 0. The molecule has 0 radical (unpaired) electrons. The third kappa shape index (κ3) is 2.32. The molecule has 2 rings (SSSR count). The van der Waals surface area contributed by atoms with Gasteiger partial charge in [-0.25, -0.2) is 0 Å². The average Bonchev–Trinajstić information content (AvgIpc) is 2.77. The van der Waals surface area contributed by atoms with E-state index in [9.17, 15) is 4.79 Å². The van der Waals surface area contributed by atoms with Crippen LogP contribution in [0.1, 0.15) is 26.2 Å². The monoisotopic (exact) mass is 212 g/mol. The molecule has 4 heteroatoms. The number of aliphatic carboxylic acids is 1. The van der Waals surface area contributed by atoms with Crippen LogP contribution < -0.4 is 5.32 Å². The maximum atomic E-state index is 11.0. The maximum absolute atomic E-state index is 11.0. The maximum Gasteiger partial charge on any atom is 0.323 e. The van der Waals surface area contributed by atoms with Gasteiger partial charge in [-0.1, -0.05) is 0 Å². The summed E-state index contributed by atoms with van der Waals surface area (Å²) in [7, 11) is 0. The first-order valence-corrected chi connectivity index (χ1v) is 5.81. The lowest BCUT2D eigenvalue weighted by Crippen LogP contribution is -2.44. The topological polar surface area (TPSA) is 52.6 Å². The number of nitrogens with one attached hydrogen (secondary N) is 1. The van der Waals surface area contributed by atoms with Crippen LogP contribution >= 0.6 is 0 Å². The first kappa shape index (κ1) is 10.9. The SMILES string of the molecule is CC1(C(=O)O)CC(CN2CCCC2)CN1. The first-order valence-electron chi connectivity index (χ1n) is 5.81. The lowest BCUT2D eigenvalue weighted by Gasteiger charge is -2.21. The summed E-state index contributed by atoms with van der Waals surface area (Å²) in [5.74, 6) is -0.212. The van der Waals surface area contributed by atoms with E-state index in [1.54, 1.807) is 6.92 Å². The predicted molar refractivity (Wildman–Crippen MR) is 57.8 cm³/mol. The number of rotatable bonds is 3. The fraction of sp³-hybridized carbons (Fsp3) is 0.909. The van der Waals surface area contributed by atoms with E-state index in [0.29, 0.717) is 5.92 Å². The summed E-state index contributed by atoms with van der Waals surface area (Å²) < 4.78 is 0. The molecule has 0 spiro atoms. The molecule has 15 heavy (non-hydrogen) atoms. The van der Waals surface area contributed by atoms with Gasteiger partial charge < -0.3 is 15.3 Å². The van der Waals surface area contributed by atoms with Crippen molar-refractivity contribution in [1.82, 2.24) is 10.2 Å². The van der Waals surface area contributed by atoms with Gasteiger partial charge >= 0.3 is 5.97 Å². The molecule has 0 saturated carbocycles. The zero-order chi connectivity index (χ0) is 10.9. The minimum absolute atomic E-state index is 0.504. The first-order chi connectivity index (χ1) is 7.10. The largest absolute Gasteiger partial charge is 0.480 e. The second kappa shape index (κ2) is 4.10. The molecule has 0 aromatic heterocycles. The van der Waals surface area contributed by atoms with Gasteiger partial charge in [0.2, 0.25) is 0 Å². The Balaban J connectivity index is 1.84. The van der Waals surface area contributed by atoms with Crippen LogP contribution in [-0.4, -0.2) is 47.7 Å². The molecule has 0 bridgehead atoms. The Morgan fingerprint density at radius 1 is 1.53 bits per heavy atom. The van der Waals surface area contributed by atoms with Crippen molar-refractivity contribution in [2.24, 2.45) is 5.92 Å². The summed E-state index contributed by atoms with van der Waals surface area (Å²) in [6.45, 7) is 6.09. The van der Waals surface area contributed by atoms with E-state index in [0.717, 1.165) is 19.5 Å². The van der Waals surface area contributed by atoms with Crippen LogP contribution in [0.5, 0.6) is 0 Å². The van der Waals surface area contributed by atoms with E-state index in [-0.39, 0.29) is 0 Å². The highest BCUT2D eigenvalue weighted by Crippen LogP contribution is 2.25. The Morgan fingerprint density at radius 3 is 2.73 bits per heavy atom. The van der Waals surface area contributed by atoms with Gasteiger partial charge in [0.15, 0.2) is 0 Å². The predicted octanol–water partition coefficient (Wildman–Crippen LogP) is 0.535. The molecule has 0 aromatic carbocycles. The normalized spacial score (nSPS) is 37.3. The fourth-order valence-electron chi connectivity index (χ4n) is 2.71. The second-order valence-electron chi connectivity index (χ2n) is 5.10. The van der Waals surface area contributed by atoms with Crippen molar-refractivity contribution in [3.8, 4) is 0 Å². The zero-order valence-electron chi connectivity index (χ0n) is 9.33. The summed E-state index contributed by atoms with van der Waals surface area (Å²) in [6.07, 6.45) is 3.37. The van der Waals surface area contributed by atoms with Crippen LogP contribution in [0.4, 0.5) is 0 Å². The van der Waals surface area contributed by atoms with Crippen LogP contribution in [0.3, 0.4) is 0 Å². The zero-order valence-corrected chi connectivity index (χ0v) is 9.33. The van der Waals surface area contributed by atoms with Crippen molar-refractivity contribution in [1.29, 1.82) is 0 Å². The Morgan fingerprint density at radius 2 is 2.20 bits per heavy atom. The van der Waals surface area contributed by atoms with E-state index in [1.807, 2.05) is 0 Å². The van der Waals surface area contributed by atoms with Crippen LogP contribution in [0.25, 0.3) is 0 Å². The lowest BCUT2D eigenvalue weighted by atomic mass is 9.95. The Labute approximate surface area is 90.6 Å². The number of carboxylic acid groups (broad SMARTS) is 1. The van der Waals surface area contributed by atoms with Gasteiger partial charge in [-0.05, 0) is 45.2 Å². The van der Waals surface area contributed by atoms with Gasteiger partial charge in [-0.15, -0.1) is 0 Å². The fourth-order valence-corrected chi connectivity index (χ4v) is 2.71. The number of nitrogens with zero attached hydrogens (tertiary/aromatic N) is 1. The lowest BCUT2D eigenvalue weighted by molar-refractivity contribution is -0.143. The van der Waals surface area contributed by atoms with E-state index in [4.69, 9.17) is 5.11 Å². The van der Waals surface area contributed by atoms with E-state index in [1.165, 1.54) is 25.9 Å². The molecular formula is C11H20N2O2. The van der Waals surface area contributed by atoms with E-state index in [2.05, 4.69) is 10.2 Å². The van der Waals surface area contributed by atoms with Gasteiger partial charge in [0.25, 0.3) is 0 Å². The number of carbonyl (C=O) groups is 1. The smallest absolute Gasteiger partial charge is 0.323 e. The minimum atomic E-state index is -0.716. The van der Waals surface area contributed by atoms with Gasteiger partial charge in [-0.2, -0.15) is 0 Å². The van der Waals surface area contributed by atoms with Crippen molar-refractivity contribution in [2.45, 2.75) is 31.7 Å². The van der Waals surface area contributed by atoms with Crippen LogP contribution in [0.15, 0.2) is 0 Å². The van der Waals surface area contributed by atoms with E-state index >= 15 is 0 Å². The summed E-state index contributed by atoms with van der Waals surface area (Å²) in [4.78, 5) is 13.5. The molecule has 2 aliphatic rings. The molecule has 0 aliphatic carbocycles. The molecule has 2 heterocycles. The van der Waals surface area contributed by atoms with Gasteiger partial charge in [0, 0.05) is 13.1 Å². The minimum Gasteiger partial charge on any atom is -0.480 e. The number of hydrogen-bond acceptors (Lipinski definition) is 3. The molecule has 2 N–H and O–H groups in total. The van der Waals surface area contributed by atoms with Crippen LogP contribution in [0, 0.1) is 5.92 Å². The number of carboxylic acids is 1. The molecule has 4 nitrogen and oxygen atoms in total. The third-order valence-electron chi connectivity index (χ3n) is 3.66. The number of likely N-dealkylation sites (tertiary alicyclic amines) is 1. The third-order valence-corrected chi connectivity index (χ3v) is 3.66. The quantitative estimate of drug-likeness (QED) is 0.716. The standard InChI is InChI=1S/C11H20N2O2/c1-11(10(14)15)6-9(7-12-11)8-13-4-2-3-5-13/h9,12H,2-8H2,1H3,(H,14,15). The van der Waals surface area contributed by atoms with Gasteiger partial charge in [-0.3, -0.25) is 4.79 Å². The van der Waals surface area contributed by atoms with Gasteiger partial charge in [0.1, 0.15) is 5.54 Å². The molecule has 2 atom stereocenters. The molecule has 2 fully saturated rings. The van der Waals surface area contributed by atoms with E-state index < -0.39 is 11.5 Å². The Hall–Kier alpha value is -0.610. The van der Waals surface area contributed by atoms with Crippen molar-refractivity contribution in [2.75, 3.05) is 26.2 Å².